The first-order valence-corrected chi connectivity index (χ1v) is 11.6. The maximum Gasteiger partial charge on any atom is 0.274 e. The quantitative estimate of drug-likeness (QED) is 0.621. The van der Waals surface area contributed by atoms with E-state index in [-0.39, 0.29) is 40.3 Å². The summed E-state index contributed by atoms with van der Waals surface area (Å²) in [5, 5.41) is 2.77. The van der Waals surface area contributed by atoms with Crippen molar-refractivity contribution in [2.24, 2.45) is 0 Å². The molecule has 3 aliphatic rings. The van der Waals surface area contributed by atoms with Crippen molar-refractivity contribution in [3.63, 3.8) is 0 Å². The van der Waals surface area contributed by atoms with Gasteiger partial charge in [0.1, 0.15) is 11.3 Å². The van der Waals surface area contributed by atoms with E-state index in [1.165, 1.54) is 0 Å². The van der Waals surface area contributed by atoms with Crippen molar-refractivity contribution in [2.75, 3.05) is 11.9 Å². The molecular formula is C24H27N5O4. The molecule has 2 saturated carbocycles. The van der Waals surface area contributed by atoms with E-state index in [1.54, 1.807) is 33.5 Å². The van der Waals surface area contributed by atoms with E-state index in [0.717, 1.165) is 37.8 Å². The lowest BCUT2D eigenvalue weighted by molar-refractivity contribution is 0.0692. The number of hydrogen-bond donors (Lipinski definition) is 1. The molecule has 4 heterocycles. The summed E-state index contributed by atoms with van der Waals surface area (Å²) in [4.78, 5) is 35.4. The maximum atomic E-state index is 13.3. The predicted octanol–water partition coefficient (Wildman–Crippen LogP) is 3.09. The summed E-state index contributed by atoms with van der Waals surface area (Å²) in [5.41, 5.74) is 1.17. The molecule has 3 fully saturated rings. The number of carbonyl (C=O) groups is 1. The highest BCUT2D eigenvalue weighted by Gasteiger charge is 2.48. The van der Waals surface area contributed by atoms with Crippen LogP contribution in [0.15, 0.2) is 35.5 Å². The third-order valence-corrected chi connectivity index (χ3v) is 6.87. The molecule has 0 radical (unpaired) electrons. The van der Waals surface area contributed by atoms with Gasteiger partial charge in [-0.2, -0.15) is 4.98 Å². The lowest BCUT2D eigenvalue weighted by atomic mass is 9.85. The molecule has 3 aromatic rings. The molecule has 6 rings (SSSR count). The zero-order valence-corrected chi connectivity index (χ0v) is 18.8. The summed E-state index contributed by atoms with van der Waals surface area (Å²) >= 11 is 0. The monoisotopic (exact) mass is 449 g/mol. The summed E-state index contributed by atoms with van der Waals surface area (Å²) in [6.45, 7) is 4.43. The number of anilines is 1. The Morgan fingerprint density at radius 2 is 2.12 bits per heavy atom. The molecular weight excluding hydrogens is 422 g/mol. The lowest BCUT2D eigenvalue weighted by Gasteiger charge is -2.22. The van der Waals surface area contributed by atoms with E-state index >= 15 is 0 Å². The number of imidazole rings is 1. The molecule has 0 aromatic carbocycles. The van der Waals surface area contributed by atoms with Crippen molar-refractivity contribution in [3.05, 3.63) is 52.3 Å². The van der Waals surface area contributed by atoms with Gasteiger partial charge < -0.3 is 19.4 Å². The van der Waals surface area contributed by atoms with Crippen LogP contribution < -0.4 is 15.6 Å². The summed E-state index contributed by atoms with van der Waals surface area (Å²) in [7, 11) is 0. The molecule has 1 aliphatic heterocycles. The number of amides is 1. The minimum absolute atomic E-state index is 0.0716. The number of nitrogens with one attached hydrogen (secondary N) is 1. The fourth-order valence-electron chi connectivity index (χ4n) is 5.00. The number of aromatic nitrogens is 4. The van der Waals surface area contributed by atoms with E-state index < -0.39 is 5.91 Å². The molecule has 33 heavy (non-hydrogen) atoms. The van der Waals surface area contributed by atoms with E-state index in [9.17, 15) is 9.59 Å². The zero-order valence-electron chi connectivity index (χ0n) is 18.8. The van der Waals surface area contributed by atoms with Crippen LogP contribution in [-0.2, 0) is 10.2 Å². The van der Waals surface area contributed by atoms with Crippen LogP contribution in [0.3, 0.4) is 0 Å². The smallest absolute Gasteiger partial charge is 0.274 e. The normalized spacial score (nSPS) is 24.0. The van der Waals surface area contributed by atoms with E-state index in [2.05, 4.69) is 10.3 Å². The van der Waals surface area contributed by atoms with Crippen molar-refractivity contribution >= 4 is 17.4 Å². The molecule has 1 N–H and O–H groups in total. The van der Waals surface area contributed by atoms with Crippen LogP contribution in [0.4, 0.5) is 5.69 Å². The van der Waals surface area contributed by atoms with Crippen molar-refractivity contribution in [2.45, 2.75) is 69.6 Å². The van der Waals surface area contributed by atoms with Crippen LogP contribution in [0.5, 0.6) is 5.88 Å². The molecule has 1 amide bonds. The van der Waals surface area contributed by atoms with Gasteiger partial charge in [-0.1, -0.05) is 0 Å². The van der Waals surface area contributed by atoms with Crippen LogP contribution in [0.25, 0.3) is 5.78 Å². The van der Waals surface area contributed by atoms with Gasteiger partial charge in [-0.15, -0.1) is 0 Å². The van der Waals surface area contributed by atoms with Crippen LogP contribution >= 0.6 is 0 Å². The molecule has 2 bridgehead atoms. The number of fused-ring (bicyclic) bond motifs is 3. The number of carbonyl (C=O) groups excluding carboxylic acids is 1. The average molecular weight is 450 g/mol. The Kier molecular flexibility index (Phi) is 4.58. The van der Waals surface area contributed by atoms with E-state index in [4.69, 9.17) is 14.5 Å². The van der Waals surface area contributed by atoms with Crippen molar-refractivity contribution in [1.29, 1.82) is 0 Å². The fraction of sp³-hybridized carbons (Fsp3) is 0.500. The molecule has 3 aromatic heterocycles. The van der Waals surface area contributed by atoms with Gasteiger partial charge in [-0.25, -0.2) is 4.98 Å². The van der Waals surface area contributed by atoms with Gasteiger partial charge >= 0.3 is 0 Å². The van der Waals surface area contributed by atoms with Crippen LogP contribution in [-0.4, -0.2) is 43.7 Å². The SMILES string of the molecule is CC(C)Oc1nc2nc(C34CCC(C3)OC4)cn2cc1C(=O)Nc1cccn(C2CC2)c1=O. The molecule has 1 saturated heterocycles. The second-order valence-electron chi connectivity index (χ2n) is 9.74. The van der Waals surface area contributed by atoms with Crippen molar-refractivity contribution in [3.8, 4) is 5.88 Å². The number of nitrogens with zero attached hydrogens (tertiary/aromatic N) is 4. The Morgan fingerprint density at radius 1 is 1.27 bits per heavy atom. The highest BCUT2D eigenvalue weighted by Crippen LogP contribution is 2.47. The standard InChI is InChI=1S/C24H27N5O4/c1-14(2)33-21-17(20(30)25-18-4-3-9-29(22(18)31)15-5-6-15)11-28-12-19(26-23(28)27-21)24-8-7-16(10-24)32-13-24/h3-4,9,11-12,14-16H,5-8,10,13H2,1-2H3,(H,25,30). The van der Waals surface area contributed by atoms with Crippen LogP contribution in [0, 0.1) is 0 Å². The summed E-state index contributed by atoms with van der Waals surface area (Å²) in [5.74, 6) is 0.247. The first-order chi connectivity index (χ1) is 15.9. The zero-order chi connectivity index (χ0) is 22.7. The molecule has 172 valence electrons. The molecule has 2 unspecified atom stereocenters. The average Bonchev–Trinajstić information content (AvgIpc) is 3.22. The molecule has 0 spiro atoms. The first-order valence-electron chi connectivity index (χ1n) is 11.6. The minimum Gasteiger partial charge on any atom is -0.474 e. The Balaban J connectivity index is 1.37. The summed E-state index contributed by atoms with van der Waals surface area (Å²) in [6, 6.07) is 3.63. The van der Waals surface area contributed by atoms with Gasteiger partial charge in [0.15, 0.2) is 0 Å². The maximum absolute atomic E-state index is 13.3. The Bertz CT molecular complexity index is 1300. The number of hydrogen-bond acceptors (Lipinski definition) is 6. The largest absolute Gasteiger partial charge is 0.474 e. The third kappa shape index (κ3) is 3.51. The third-order valence-electron chi connectivity index (χ3n) is 6.87. The minimum atomic E-state index is -0.441. The van der Waals surface area contributed by atoms with Gasteiger partial charge in [-0.3, -0.25) is 14.0 Å². The summed E-state index contributed by atoms with van der Waals surface area (Å²) < 4.78 is 15.2. The van der Waals surface area contributed by atoms with Gasteiger partial charge in [-0.05, 0) is 58.1 Å². The van der Waals surface area contributed by atoms with Gasteiger partial charge in [0, 0.05) is 30.0 Å². The lowest BCUT2D eigenvalue weighted by Crippen LogP contribution is -2.25. The van der Waals surface area contributed by atoms with Crippen molar-refractivity contribution < 1.29 is 14.3 Å². The van der Waals surface area contributed by atoms with E-state index in [0.29, 0.717) is 18.5 Å². The molecule has 9 nitrogen and oxygen atoms in total. The summed E-state index contributed by atoms with van der Waals surface area (Å²) in [6.07, 6.45) is 10.6. The van der Waals surface area contributed by atoms with Crippen LogP contribution in [0.1, 0.15) is 68.0 Å². The first kappa shape index (κ1) is 20.4. The Morgan fingerprint density at radius 3 is 2.79 bits per heavy atom. The topological polar surface area (TPSA) is 99.8 Å². The van der Waals surface area contributed by atoms with Gasteiger partial charge in [0.25, 0.3) is 11.5 Å². The van der Waals surface area contributed by atoms with Crippen LogP contribution in [0.2, 0.25) is 0 Å². The van der Waals surface area contributed by atoms with Crippen molar-refractivity contribution in [1.82, 2.24) is 18.9 Å². The molecule has 2 atom stereocenters. The molecule has 2 aliphatic carbocycles. The highest BCUT2D eigenvalue weighted by molar-refractivity contribution is 6.05. The second kappa shape index (κ2) is 7.41. The number of rotatable bonds is 6. The highest BCUT2D eigenvalue weighted by atomic mass is 16.5. The second-order valence-corrected chi connectivity index (χ2v) is 9.74. The Labute approximate surface area is 190 Å². The van der Waals surface area contributed by atoms with E-state index in [1.807, 2.05) is 20.0 Å². The number of pyridine rings is 1. The fourth-order valence-corrected chi connectivity index (χ4v) is 5.00. The number of ether oxygens (including phenoxy) is 2. The Hall–Kier alpha value is -3.20. The predicted molar refractivity (Wildman–Crippen MR) is 121 cm³/mol. The molecule has 9 heteroatoms. The van der Waals surface area contributed by atoms with Gasteiger partial charge in [0.05, 0.1) is 24.5 Å². The van der Waals surface area contributed by atoms with Gasteiger partial charge in [0.2, 0.25) is 11.7 Å².